The lowest BCUT2D eigenvalue weighted by molar-refractivity contribution is 0.353. The van der Waals surface area contributed by atoms with Gasteiger partial charge in [0, 0.05) is 17.1 Å². The molecule has 130 valence electrons. The van der Waals surface area contributed by atoms with Gasteiger partial charge in [0.05, 0.1) is 14.2 Å². The molecule has 0 unspecified atom stereocenters. The van der Waals surface area contributed by atoms with Crippen molar-refractivity contribution in [2.45, 2.75) is 17.7 Å². The molecule has 0 radical (unpaired) electrons. The van der Waals surface area contributed by atoms with Crippen LogP contribution in [0.2, 0.25) is 0 Å². The number of rotatable bonds is 7. The van der Waals surface area contributed by atoms with Crippen molar-refractivity contribution in [3.63, 3.8) is 0 Å². The van der Waals surface area contributed by atoms with Crippen LogP contribution in [0.25, 0.3) is 0 Å². The highest BCUT2D eigenvalue weighted by Crippen LogP contribution is 2.35. The molecule has 1 N–H and O–H groups in total. The number of methoxy groups -OCH3 is 2. The molecule has 0 fully saturated rings. The van der Waals surface area contributed by atoms with E-state index in [0.717, 1.165) is 5.56 Å². The molecule has 0 bridgehead atoms. The second-order valence-electron chi connectivity index (χ2n) is 5.30. The molecule has 0 aromatic heterocycles. The molecule has 0 aliphatic rings. The van der Waals surface area contributed by atoms with E-state index in [2.05, 4.69) is 20.7 Å². The van der Waals surface area contributed by atoms with Gasteiger partial charge in [-0.1, -0.05) is 37.3 Å². The largest absolute Gasteiger partial charge is 0.493 e. The summed E-state index contributed by atoms with van der Waals surface area (Å²) in [5, 5.41) is 0. The Morgan fingerprint density at radius 2 is 1.67 bits per heavy atom. The zero-order valence-corrected chi connectivity index (χ0v) is 16.1. The fraction of sp³-hybridized carbons (Fsp3) is 0.294. The fourth-order valence-electron chi connectivity index (χ4n) is 2.25. The van der Waals surface area contributed by atoms with Crippen molar-refractivity contribution < 1.29 is 17.9 Å². The van der Waals surface area contributed by atoms with Gasteiger partial charge in [-0.3, -0.25) is 0 Å². The average Bonchev–Trinajstić information content (AvgIpc) is 2.59. The van der Waals surface area contributed by atoms with Crippen LogP contribution in [0, 0.1) is 0 Å². The summed E-state index contributed by atoms with van der Waals surface area (Å²) in [4.78, 5) is 0.111. The minimum Gasteiger partial charge on any atom is -0.493 e. The van der Waals surface area contributed by atoms with Crippen LogP contribution < -0.4 is 14.2 Å². The topological polar surface area (TPSA) is 64.6 Å². The maximum absolute atomic E-state index is 12.6. The number of nitrogens with one attached hydrogen (secondary N) is 1. The van der Waals surface area contributed by atoms with E-state index in [-0.39, 0.29) is 10.8 Å². The van der Waals surface area contributed by atoms with Gasteiger partial charge in [-0.05, 0) is 33.5 Å². The van der Waals surface area contributed by atoms with Gasteiger partial charge in [0.15, 0.2) is 11.5 Å². The average molecular weight is 414 g/mol. The van der Waals surface area contributed by atoms with Gasteiger partial charge in [-0.2, -0.15) is 0 Å². The molecule has 0 heterocycles. The number of hydrogen-bond donors (Lipinski definition) is 1. The van der Waals surface area contributed by atoms with Crippen LogP contribution in [0.1, 0.15) is 18.4 Å². The van der Waals surface area contributed by atoms with E-state index in [9.17, 15) is 8.42 Å². The zero-order valence-electron chi connectivity index (χ0n) is 13.7. The lowest BCUT2D eigenvalue weighted by atomic mass is 10.0. The Morgan fingerprint density at radius 1 is 1.08 bits per heavy atom. The van der Waals surface area contributed by atoms with Crippen LogP contribution in [-0.2, 0) is 10.0 Å². The maximum atomic E-state index is 12.6. The van der Waals surface area contributed by atoms with Gasteiger partial charge in [-0.25, -0.2) is 13.1 Å². The molecule has 0 aliphatic heterocycles. The van der Waals surface area contributed by atoms with Gasteiger partial charge in [0.25, 0.3) is 0 Å². The van der Waals surface area contributed by atoms with Crippen LogP contribution in [0.3, 0.4) is 0 Å². The van der Waals surface area contributed by atoms with Crippen LogP contribution in [-0.4, -0.2) is 29.2 Å². The third-order valence-electron chi connectivity index (χ3n) is 3.68. The highest BCUT2D eigenvalue weighted by Gasteiger charge is 2.22. The van der Waals surface area contributed by atoms with Crippen LogP contribution in [0.4, 0.5) is 0 Å². The molecular formula is C17H20BrNO4S. The van der Waals surface area contributed by atoms with E-state index in [1.165, 1.54) is 20.3 Å². The number of benzene rings is 2. The predicted molar refractivity (Wildman–Crippen MR) is 97.3 cm³/mol. The van der Waals surface area contributed by atoms with E-state index in [4.69, 9.17) is 9.47 Å². The number of halogens is 1. The Morgan fingerprint density at radius 3 is 2.25 bits per heavy atom. The minimum atomic E-state index is -3.68. The van der Waals surface area contributed by atoms with Crippen LogP contribution in [0.5, 0.6) is 11.5 Å². The summed E-state index contributed by atoms with van der Waals surface area (Å²) in [5.74, 6) is 0.873. The summed E-state index contributed by atoms with van der Waals surface area (Å²) in [6.45, 7) is 2.27. The van der Waals surface area contributed by atoms with Gasteiger partial charge in [0.1, 0.15) is 4.90 Å². The highest BCUT2D eigenvalue weighted by molar-refractivity contribution is 9.10. The normalized spacial score (nSPS) is 12.7. The van der Waals surface area contributed by atoms with E-state index in [1.54, 1.807) is 6.07 Å². The fourth-order valence-corrected chi connectivity index (χ4v) is 4.42. The third kappa shape index (κ3) is 4.28. The van der Waals surface area contributed by atoms with Crippen molar-refractivity contribution in [3.8, 4) is 11.5 Å². The van der Waals surface area contributed by atoms with Crippen molar-refractivity contribution in [1.82, 2.24) is 4.72 Å². The third-order valence-corrected chi connectivity index (χ3v) is 6.06. The predicted octanol–water partition coefficient (Wildman–Crippen LogP) is 3.55. The first-order valence-corrected chi connectivity index (χ1v) is 9.62. The quantitative estimate of drug-likeness (QED) is 0.753. The van der Waals surface area contributed by atoms with E-state index >= 15 is 0 Å². The number of hydrogen-bond acceptors (Lipinski definition) is 4. The summed E-state index contributed by atoms with van der Waals surface area (Å²) < 4.78 is 38.7. The van der Waals surface area contributed by atoms with Crippen molar-refractivity contribution in [2.24, 2.45) is 0 Å². The summed E-state index contributed by atoms with van der Waals surface area (Å²) in [7, 11) is -0.720. The number of ether oxygens (including phenoxy) is 2. The van der Waals surface area contributed by atoms with Gasteiger partial charge in [0.2, 0.25) is 10.0 Å². The molecule has 2 aromatic carbocycles. The summed E-state index contributed by atoms with van der Waals surface area (Å²) >= 11 is 3.28. The molecule has 7 heteroatoms. The first kappa shape index (κ1) is 18.8. The first-order chi connectivity index (χ1) is 11.4. The second-order valence-corrected chi connectivity index (χ2v) is 7.89. The molecule has 0 spiro atoms. The standard InChI is InChI=1S/C17H20BrNO4S/c1-12(13-7-5-4-6-8-13)11-19-24(20,21)17-10-16(23-3)15(22-2)9-14(17)18/h4-10,12,19H,11H2,1-3H3/t12-/m1/s1. The van der Waals surface area contributed by atoms with Gasteiger partial charge < -0.3 is 9.47 Å². The monoisotopic (exact) mass is 413 g/mol. The first-order valence-electron chi connectivity index (χ1n) is 7.35. The maximum Gasteiger partial charge on any atom is 0.241 e. The number of sulfonamides is 1. The summed E-state index contributed by atoms with van der Waals surface area (Å²) in [5.41, 5.74) is 1.08. The minimum absolute atomic E-state index is 0.0555. The molecule has 0 saturated carbocycles. The Kier molecular flexibility index (Phi) is 6.26. The van der Waals surface area contributed by atoms with Crippen molar-refractivity contribution in [1.29, 1.82) is 0 Å². The van der Waals surface area contributed by atoms with E-state index < -0.39 is 10.0 Å². The van der Waals surface area contributed by atoms with Gasteiger partial charge >= 0.3 is 0 Å². The van der Waals surface area contributed by atoms with Crippen molar-refractivity contribution >= 4 is 26.0 Å². The molecule has 1 atom stereocenters. The molecule has 0 saturated heterocycles. The summed E-state index contributed by atoms with van der Waals surface area (Å²) in [6, 6.07) is 12.8. The lowest BCUT2D eigenvalue weighted by Gasteiger charge is -2.15. The Hall–Kier alpha value is -1.57. The Bertz CT molecular complexity index is 794. The Balaban J connectivity index is 2.21. The molecular weight excluding hydrogens is 394 g/mol. The zero-order chi connectivity index (χ0) is 17.7. The molecule has 0 aliphatic carbocycles. The van der Waals surface area contributed by atoms with E-state index in [0.29, 0.717) is 22.5 Å². The molecule has 24 heavy (non-hydrogen) atoms. The van der Waals surface area contributed by atoms with E-state index in [1.807, 2.05) is 37.3 Å². The van der Waals surface area contributed by atoms with Crippen LogP contribution in [0.15, 0.2) is 51.8 Å². The van der Waals surface area contributed by atoms with Crippen molar-refractivity contribution in [2.75, 3.05) is 20.8 Å². The molecule has 5 nitrogen and oxygen atoms in total. The second kappa shape index (κ2) is 8.00. The molecule has 2 aromatic rings. The molecule has 0 amide bonds. The molecule has 2 rings (SSSR count). The van der Waals surface area contributed by atoms with Gasteiger partial charge in [-0.15, -0.1) is 0 Å². The highest BCUT2D eigenvalue weighted by atomic mass is 79.9. The van der Waals surface area contributed by atoms with Crippen LogP contribution >= 0.6 is 15.9 Å². The van der Waals surface area contributed by atoms with Crippen molar-refractivity contribution in [3.05, 3.63) is 52.5 Å². The lowest BCUT2D eigenvalue weighted by Crippen LogP contribution is -2.28. The Labute approximate surface area is 151 Å². The summed E-state index contributed by atoms with van der Waals surface area (Å²) in [6.07, 6.45) is 0. The SMILES string of the molecule is COc1cc(Br)c(S(=O)(=O)NC[C@@H](C)c2ccccc2)cc1OC. The smallest absolute Gasteiger partial charge is 0.241 e.